The smallest absolute Gasteiger partial charge is 0.235 e. The standard InChI is InChI=1S/C14H21N3O/c1-11(2)14(7-9-15-10-14)13(18)17(3)12-6-4-5-8-16-12/h4-6,8,11,15H,7,9-10H2,1-3H3. The Hall–Kier alpha value is -1.42. The SMILES string of the molecule is CC(C)C1(C(=O)N(C)c2ccccn2)CCNC1. The van der Waals surface area contributed by atoms with Crippen molar-refractivity contribution in [3.8, 4) is 0 Å². The number of pyridine rings is 1. The van der Waals surface area contributed by atoms with Crippen LogP contribution in [0.1, 0.15) is 20.3 Å². The van der Waals surface area contributed by atoms with Gasteiger partial charge in [-0.3, -0.25) is 9.69 Å². The minimum absolute atomic E-state index is 0.168. The topological polar surface area (TPSA) is 45.2 Å². The zero-order valence-corrected chi connectivity index (χ0v) is 11.3. The molecule has 0 radical (unpaired) electrons. The Balaban J connectivity index is 2.25. The van der Waals surface area contributed by atoms with E-state index in [0.717, 1.165) is 25.3 Å². The summed E-state index contributed by atoms with van der Waals surface area (Å²) in [6.07, 6.45) is 2.62. The molecule has 0 aromatic carbocycles. The quantitative estimate of drug-likeness (QED) is 0.884. The van der Waals surface area contributed by atoms with E-state index in [1.165, 1.54) is 0 Å². The number of aromatic nitrogens is 1. The van der Waals surface area contributed by atoms with Crippen molar-refractivity contribution in [3.05, 3.63) is 24.4 Å². The largest absolute Gasteiger partial charge is 0.316 e. The van der Waals surface area contributed by atoms with Crippen molar-refractivity contribution >= 4 is 11.7 Å². The summed E-state index contributed by atoms with van der Waals surface area (Å²) >= 11 is 0. The summed E-state index contributed by atoms with van der Waals surface area (Å²) < 4.78 is 0. The first-order valence-corrected chi connectivity index (χ1v) is 6.48. The molecular formula is C14H21N3O. The second-order valence-electron chi connectivity index (χ2n) is 5.29. The molecule has 0 saturated carbocycles. The first-order chi connectivity index (χ1) is 8.58. The molecule has 1 atom stereocenters. The third-order valence-electron chi connectivity index (χ3n) is 4.02. The molecule has 0 bridgehead atoms. The van der Waals surface area contributed by atoms with Gasteiger partial charge in [-0.05, 0) is 31.0 Å². The molecule has 1 N–H and O–H groups in total. The van der Waals surface area contributed by atoms with Gasteiger partial charge in [-0.1, -0.05) is 19.9 Å². The molecule has 1 unspecified atom stereocenters. The lowest BCUT2D eigenvalue weighted by atomic mass is 9.75. The molecule has 0 aliphatic carbocycles. The molecule has 4 nitrogen and oxygen atoms in total. The second-order valence-corrected chi connectivity index (χ2v) is 5.29. The molecule has 1 aromatic rings. The molecule has 1 saturated heterocycles. The van der Waals surface area contributed by atoms with Gasteiger partial charge in [0.05, 0.1) is 5.41 Å². The summed E-state index contributed by atoms with van der Waals surface area (Å²) in [5, 5.41) is 3.31. The number of carbonyl (C=O) groups is 1. The van der Waals surface area contributed by atoms with E-state index < -0.39 is 0 Å². The first-order valence-electron chi connectivity index (χ1n) is 6.48. The molecule has 2 rings (SSSR count). The van der Waals surface area contributed by atoms with Crippen LogP contribution in [-0.4, -0.2) is 31.0 Å². The molecule has 1 aliphatic rings. The Kier molecular flexibility index (Phi) is 3.66. The van der Waals surface area contributed by atoms with Crippen LogP contribution < -0.4 is 10.2 Å². The number of carbonyl (C=O) groups excluding carboxylic acids is 1. The summed E-state index contributed by atoms with van der Waals surface area (Å²) in [6, 6.07) is 5.63. The monoisotopic (exact) mass is 247 g/mol. The van der Waals surface area contributed by atoms with Crippen LogP contribution in [0.2, 0.25) is 0 Å². The van der Waals surface area contributed by atoms with E-state index in [-0.39, 0.29) is 11.3 Å². The lowest BCUT2D eigenvalue weighted by Crippen LogP contribution is -2.47. The van der Waals surface area contributed by atoms with Gasteiger partial charge in [0.15, 0.2) is 0 Å². The van der Waals surface area contributed by atoms with Crippen molar-refractivity contribution in [3.63, 3.8) is 0 Å². The van der Waals surface area contributed by atoms with Crippen LogP contribution in [0.4, 0.5) is 5.82 Å². The van der Waals surface area contributed by atoms with Gasteiger partial charge in [0.1, 0.15) is 5.82 Å². The Labute approximate surface area is 108 Å². The predicted molar refractivity (Wildman–Crippen MR) is 72.4 cm³/mol. The number of anilines is 1. The van der Waals surface area contributed by atoms with E-state index in [1.54, 1.807) is 11.1 Å². The van der Waals surface area contributed by atoms with Gasteiger partial charge in [0.25, 0.3) is 0 Å². The van der Waals surface area contributed by atoms with E-state index in [2.05, 4.69) is 24.1 Å². The van der Waals surface area contributed by atoms with E-state index >= 15 is 0 Å². The Morgan fingerprint density at radius 2 is 2.28 bits per heavy atom. The molecule has 1 aliphatic heterocycles. The molecule has 0 spiro atoms. The number of rotatable bonds is 3. The number of hydrogen-bond donors (Lipinski definition) is 1. The lowest BCUT2D eigenvalue weighted by molar-refractivity contribution is -0.129. The minimum atomic E-state index is -0.285. The summed E-state index contributed by atoms with van der Waals surface area (Å²) in [6.45, 7) is 5.93. The van der Waals surface area contributed by atoms with Crippen LogP contribution in [0.5, 0.6) is 0 Å². The molecule has 98 valence electrons. The van der Waals surface area contributed by atoms with Gasteiger partial charge in [-0.25, -0.2) is 4.98 Å². The molecule has 18 heavy (non-hydrogen) atoms. The maximum absolute atomic E-state index is 12.8. The van der Waals surface area contributed by atoms with E-state index in [4.69, 9.17) is 0 Å². The molecule has 1 aromatic heterocycles. The highest BCUT2D eigenvalue weighted by molar-refractivity contribution is 5.97. The number of nitrogens with zero attached hydrogens (tertiary/aromatic N) is 2. The minimum Gasteiger partial charge on any atom is -0.316 e. The summed E-state index contributed by atoms with van der Waals surface area (Å²) in [5.74, 6) is 1.21. The highest BCUT2D eigenvalue weighted by Gasteiger charge is 2.45. The fourth-order valence-electron chi connectivity index (χ4n) is 2.62. The van der Waals surface area contributed by atoms with Crippen LogP contribution in [0.15, 0.2) is 24.4 Å². The Bertz CT molecular complexity index is 410. The van der Waals surface area contributed by atoms with Crippen molar-refractivity contribution in [2.75, 3.05) is 25.0 Å². The fourth-order valence-corrected chi connectivity index (χ4v) is 2.62. The number of amides is 1. The van der Waals surface area contributed by atoms with Crippen LogP contribution >= 0.6 is 0 Å². The second kappa shape index (κ2) is 5.06. The van der Waals surface area contributed by atoms with Crippen LogP contribution in [0.25, 0.3) is 0 Å². The zero-order chi connectivity index (χ0) is 13.2. The van der Waals surface area contributed by atoms with Gasteiger partial charge in [0, 0.05) is 19.8 Å². The van der Waals surface area contributed by atoms with E-state index in [9.17, 15) is 4.79 Å². The molecule has 1 amide bonds. The van der Waals surface area contributed by atoms with Crippen molar-refractivity contribution in [2.24, 2.45) is 11.3 Å². The predicted octanol–water partition coefficient (Wildman–Crippen LogP) is 1.68. The first kappa shape index (κ1) is 13.0. The molecular weight excluding hydrogens is 226 g/mol. The maximum Gasteiger partial charge on any atom is 0.235 e. The summed E-state index contributed by atoms with van der Waals surface area (Å²) in [7, 11) is 1.81. The molecule has 2 heterocycles. The van der Waals surface area contributed by atoms with Gasteiger partial charge in [-0.15, -0.1) is 0 Å². The number of nitrogens with one attached hydrogen (secondary N) is 1. The lowest BCUT2D eigenvalue weighted by Gasteiger charge is -2.34. The normalized spacial score (nSPS) is 23.3. The highest BCUT2D eigenvalue weighted by Crippen LogP contribution is 2.36. The Morgan fingerprint density at radius 3 is 2.78 bits per heavy atom. The van der Waals surface area contributed by atoms with Crippen LogP contribution in [-0.2, 0) is 4.79 Å². The summed E-state index contributed by atoms with van der Waals surface area (Å²) in [5.41, 5.74) is -0.285. The average molecular weight is 247 g/mol. The van der Waals surface area contributed by atoms with Crippen molar-refractivity contribution in [1.29, 1.82) is 0 Å². The molecule has 1 fully saturated rings. The highest BCUT2D eigenvalue weighted by atomic mass is 16.2. The summed E-state index contributed by atoms with van der Waals surface area (Å²) in [4.78, 5) is 18.7. The Morgan fingerprint density at radius 1 is 1.50 bits per heavy atom. The van der Waals surface area contributed by atoms with Crippen molar-refractivity contribution in [1.82, 2.24) is 10.3 Å². The third kappa shape index (κ3) is 2.12. The third-order valence-corrected chi connectivity index (χ3v) is 4.02. The molecule has 4 heteroatoms. The average Bonchev–Trinajstić information content (AvgIpc) is 2.88. The van der Waals surface area contributed by atoms with Gasteiger partial charge in [0.2, 0.25) is 5.91 Å². The van der Waals surface area contributed by atoms with Crippen LogP contribution in [0.3, 0.4) is 0 Å². The van der Waals surface area contributed by atoms with Gasteiger partial charge < -0.3 is 5.32 Å². The zero-order valence-electron chi connectivity index (χ0n) is 11.3. The number of hydrogen-bond acceptors (Lipinski definition) is 3. The maximum atomic E-state index is 12.8. The van der Waals surface area contributed by atoms with Crippen molar-refractivity contribution < 1.29 is 4.79 Å². The fraction of sp³-hybridized carbons (Fsp3) is 0.571. The van der Waals surface area contributed by atoms with Gasteiger partial charge in [-0.2, -0.15) is 0 Å². The van der Waals surface area contributed by atoms with E-state index in [1.807, 2.05) is 25.2 Å². The van der Waals surface area contributed by atoms with Gasteiger partial charge >= 0.3 is 0 Å². The van der Waals surface area contributed by atoms with Crippen molar-refractivity contribution in [2.45, 2.75) is 20.3 Å². The van der Waals surface area contributed by atoms with Crippen LogP contribution in [0, 0.1) is 11.3 Å². The van der Waals surface area contributed by atoms with E-state index in [0.29, 0.717) is 5.92 Å².